The van der Waals surface area contributed by atoms with Crippen LogP contribution >= 0.6 is 0 Å². The van der Waals surface area contributed by atoms with Gasteiger partial charge in [-0.1, -0.05) is 12.1 Å². The van der Waals surface area contributed by atoms with E-state index in [0.717, 1.165) is 19.4 Å². The molecule has 7 heteroatoms. The van der Waals surface area contributed by atoms with Gasteiger partial charge in [-0.3, -0.25) is 4.79 Å². The molecule has 1 atom stereocenters. The van der Waals surface area contributed by atoms with Crippen molar-refractivity contribution < 1.29 is 28.6 Å². The number of carboxylic acid groups (broad SMARTS) is 1. The molecule has 1 aliphatic heterocycles. The van der Waals surface area contributed by atoms with Crippen molar-refractivity contribution in [2.45, 2.75) is 25.5 Å². The lowest BCUT2D eigenvalue weighted by molar-refractivity contribution is 0.0659. The molecule has 1 fully saturated rings. The van der Waals surface area contributed by atoms with E-state index in [9.17, 15) is 9.59 Å². The molecule has 1 aliphatic rings. The van der Waals surface area contributed by atoms with Gasteiger partial charge in [-0.25, -0.2) is 4.79 Å². The highest BCUT2D eigenvalue weighted by molar-refractivity contribution is 5.96. The average molecular weight is 345 g/mol. The van der Waals surface area contributed by atoms with Crippen LogP contribution in [-0.4, -0.2) is 36.3 Å². The number of carbonyl (C=O) groups is 2. The number of furan rings is 1. The number of ether oxygens (including phenoxy) is 2. The van der Waals surface area contributed by atoms with Crippen LogP contribution in [0, 0.1) is 0 Å². The molecule has 25 heavy (non-hydrogen) atoms. The van der Waals surface area contributed by atoms with Crippen LogP contribution in [0.3, 0.4) is 0 Å². The second-order valence-electron chi connectivity index (χ2n) is 5.70. The molecule has 1 amide bonds. The van der Waals surface area contributed by atoms with Crippen molar-refractivity contribution in [1.29, 1.82) is 0 Å². The Morgan fingerprint density at radius 1 is 1.24 bits per heavy atom. The van der Waals surface area contributed by atoms with Gasteiger partial charge in [-0.2, -0.15) is 0 Å². The van der Waals surface area contributed by atoms with Crippen LogP contribution in [0.5, 0.6) is 5.75 Å². The van der Waals surface area contributed by atoms with Crippen molar-refractivity contribution in [2.24, 2.45) is 0 Å². The summed E-state index contributed by atoms with van der Waals surface area (Å²) in [6.07, 6.45) is 2.05. The first-order valence-electron chi connectivity index (χ1n) is 8.07. The minimum Gasteiger partial charge on any atom is -0.490 e. The molecule has 0 radical (unpaired) electrons. The van der Waals surface area contributed by atoms with Gasteiger partial charge in [0.05, 0.1) is 18.2 Å². The Balaban J connectivity index is 1.59. The predicted octanol–water partition coefficient (Wildman–Crippen LogP) is 2.47. The Kier molecular flexibility index (Phi) is 5.35. The zero-order valence-corrected chi connectivity index (χ0v) is 13.6. The summed E-state index contributed by atoms with van der Waals surface area (Å²) < 4.78 is 16.4. The van der Waals surface area contributed by atoms with E-state index >= 15 is 0 Å². The molecular weight excluding hydrogens is 326 g/mol. The minimum absolute atomic E-state index is 0.0636. The van der Waals surface area contributed by atoms with Crippen LogP contribution in [-0.2, 0) is 11.3 Å². The molecule has 0 spiro atoms. The molecule has 7 nitrogen and oxygen atoms in total. The number of para-hydroxylation sites is 1. The van der Waals surface area contributed by atoms with Gasteiger partial charge in [0, 0.05) is 6.61 Å². The number of hydrogen-bond donors (Lipinski definition) is 2. The van der Waals surface area contributed by atoms with Crippen molar-refractivity contribution in [3.05, 3.63) is 53.5 Å². The molecule has 1 saturated heterocycles. The summed E-state index contributed by atoms with van der Waals surface area (Å²) in [5, 5.41) is 11.5. The van der Waals surface area contributed by atoms with Gasteiger partial charge in [0.1, 0.15) is 18.1 Å². The topological polar surface area (TPSA) is 98.0 Å². The van der Waals surface area contributed by atoms with Crippen LogP contribution in [0.15, 0.2) is 40.8 Å². The zero-order valence-electron chi connectivity index (χ0n) is 13.6. The Morgan fingerprint density at radius 3 is 2.80 bits per heavy atom. The average Bonchev–Trinajstić information content (AvgIpc) is 3.30. The molecule has 2 aromatic rings. The minimum atomic E-state index is -1.15. The van der Waals surface area contributed by atoms with Gasteiger partial charge in [0.2, 0.25) is 5.76 Å². The summed E-state index contributed by atoms with van der Waals surface area (Å²) in [7, 11) is 0. The molecule has 1 aromatic heterocycles. The van der Waals surface area contributed by atoms with E-state index in [2.05, 4.69) is 5.32 Å². The summed E-state index contributed by atoms with van der Waals surface area (Å²) in [6.45, 7) is 1.24. The molecule has 0 saturated carbocycles. The summed E-state index contributed by atoms with van der Waals surface area (Å²) >= 11 is 0. The van der Waals surface area contributed by atoms with Crippen LogP contribution in [0.25, 0.3) is 0 Å². The molecule has 2 heterocycles. The fourth-order valence-electron chi connectivity index (χ4n) is 2.59. The smallest absolute Gasteiger partial charge is 0.371 e. The SMILES string of the molecule is O=C(O)c1ccc(CNC(=O)c2ccccc2OC[C@H]2CCCO2)o1. The van der Waals surface area contributed by atoms with Crippen molar-refractivity contribution in [3.63, 3.8) is 0 Å². The predicted molar refractivity (Wildman–Crippen MR) is 87.7 cm³/mol. The van der Waals surface area contributed by atoms with E-state index in [1.54, 1.807) is 24.3 Å². The van der Waals surface area contributed by atoms with E-state index in [0.29, 0.717) is 23.7 Å². The number of hydrogen-bond acceptors (Lipinski definition) is 5. The quantitative estimate of drug-likeness (QED) is 0.800. The van der Waals surface area contributed by atoms with Crippen LogP contribution in [0.1, 0.15) is 39.5 Å². The van der Waals surface area contributed by atoms with Crippen LogP contribution in [0.2, 0.25) is 0 Å². The number of benzene rings is 1. The van der Waals surface area contributed by atoms with Crippen molar-refractivity contribution in [1.82, 2.24) is 5.32 Å². The Labute approximate surface area is 144 Å². The molecule has 1 aromatic carbocycles. The highest BCUT2D eigenvalue weighted by Gasteiger charge is 2.18. The largest absolute Gasteiger partial charge is 0.490 e. The van der Waals surface area contributed by atoms with Crippen molar-refractivity contribution >= 4 is 11.9 Å². The number of aromatic carboxylic acids is 1. The fourth-order valence-corrected chi connectivity index (χ4v) is 2.59. The van der Waals surface area contributed by atoms with Gasteiger partial charge >= 0.3 is 5.97 Å². The summed E-state index contributed by atoms with van der Waals surface area (Å²) in [5.41, 5.74) is 0.408. The standard InChI is InChI=1S/C18H19NO6/c20-17(19-10-12-7-8-16(25-12)18(21)22)14-5-1-2-6-15(14)24-11-13-4-3-9-23-13/h1-2,5-8,13H,3-4,9-11H2,(H,19,20)(H,21,22)/t13-/m1/s1. The zero-order chi connectivity index (χ0) is 17.6. The van der Waals surface area contributed by atoms with E-state index in [4.69, 9.17) is 19.0 Å². The number of amides is 1. The lowest BCUT2D eigenvalue weighted by Gasteiger charge is -2.14. The lowest BCUT2D eigenvalue weighted by atomic mass is 10.2. The molecule has 3 rings (SSSR count). The van der Waals surface area contributed by atoms with Gasteiger partial charge < -0.3 is 24.3 Å². The lowest BCUT2D eigenvalue weighted by Crippen LogP contribution is -2.24. The van der Waals surface area contributed by atoms with Crippen molar-refractivity contribution in [3.8, 4) is 5.75 Å². The highest BCUT2D eigenvalue weighted by atomic mass is 16.5. The molecule has 0 aliphatic carbocycles. The summed E-state index contributed by atoms with van der Waals surface area (Å²) in [4.78, 5) is 23.2. The monoisotopic (exact) mass is 345 g/mol. The highest BCUT2D eigenvalue weighted by Crippen LogP contribution is 2.20. The van der Waals surface area contributed by atoms with Gasteiger partial charge in [-0.05, 0) is 37.1 Å². The summed E-state index contributed by atoms with van der Waals surface area (Å²) in [6, 6.07) is 9.83. The number of rotatable bonds is 7. The van der Waals surface area contributed by atoms with Gasteiger partial charge in [-0.15, -0.1) is 0 Å². The van der Waals surface area contributed by atoms with Gasteiger partial charge in [0.25, 0.3) is 5.91 Å². The molecule has 0 unspecified atom stereocenters. The third kappa shape index (κ3) is 4.39. The molecule has 2 N–H and O–H groups in total. The van der Waals surface area contributed by atoms with Crippen LogP contribution in [0.4, 0.5) is 0 Å². The normalized spacial score (nSPS) is 16.6. The number of carboxylic acids is 1. The fraction of sp³-hybridized carbons (Fsp3) is 0.333. The first-order chi connectivity index (χ1) is 12.1. The molecule has 132 valence electrons. The van der Waals surface area contributed by atoms with E-state index in [-0.39, 0.29) is 24.3 Å². The van der Waals surface area contributed by atoms with Crippen LogP contribution < -0.4 is 10.1 Å². The van der Waals surface area contributed by atoms with E-state index in [1.807, 2.05) is 0 Å². The Morgan fingerprint density at radius 2 is 2.08 bits per heavy atom. The third-order valence-electron chi connectivity index (χ3n) is 3.88. The molecule has 0 bridgehead atoms. The van der Waals surface area contributed by atoms with E-state index in [1.165, 1.54) is 12.1 Å². The molecular formula is C18H19NO6. The van der Waals surface area contributed by atoms with Gasteiger partial charge in [0.15, 0.2) is 0 Å². The maximum absolute atomic E-state index is 12.4. The maximum Gasteiger partial charge on any atom is 0.371 e. The maximum atomic E-state index is 12.4. The first-order valence-corrected chi connectivity index (χ1v) is 8.07. The number of nitrogens with one attached hydrogen (secondary N) is 1. The third-order valence-corrected chi connectivity index (χ3v) is 3.88. The summed E-state index contributed by atoms with van der Waals surface area (Å²) in [5.74, 6) is -0.782. The van der Waals surface area contributed by atoms with Crippen molar-refractivity contribution in [2.75, 3.05) is 13.2 Å². The Hall–Kier alpha value is -2.80. The first kappa shape index (κ1) is 17.0. The second-order valence-corrected chi connectivity index (χ2v) is 5.70. The Bertz CT molecular complexity index is 748. The number of carbonyl (C=O) groups excluding carboxylic acids is 1. The second kappa shape index (κ2) is 7.85. The van der Waals surface area contributed by atoms with E-state index < -0.39 is 5.97 Å².